The Labute approximate surface area is 183 Å². The summed E-state index contributed by atoms with van der Waals surface area (Å²) in [6, 6.07) is 9.43. The average molecular weight is 461 g/mol. The Morgan fingerprint density at radius 3 is 2.71 bits per heavy atom. The van der Waals surface area contributed by atoms with E-state index in [1.54, 1.807) is 28.8 Å². The molecule has 0 radical (unpaired) electrons. The second-order valence-electron chi connectivity index (χ2n) is 7.10. The first-order valence-electron chi connectivity index (χ1n) is 9.52. The molecule has 31 heavy (non-hydrogen) atoms. The standard InChI is InChI=1S/C21H21FN4O3S2/c1-13-9-18(29-3)19(10-14(13)2)31(27,28)23-8-7-17-12-30-21-24-20(25-26(17)21)15-5-4-6-16(22)11-15/h4-6,9-12,23H,7-8H2,1-3H3. The molecule has 2 aromatic carbocycles. The largest absolute Gasteiger partial charge is 0.495 e. The number of hydrogen-bond donors (Lipinski definition) is 1. The van der Waals surface area contributed by atoms with Crippen LogP contribution in [0.1, 0.15) is 16.8 Å². The maximum atomic E-state index is 13.5. The van der Waals surface area contributed by atoms with Crippen LogP contribution in [-0.2, 0) is 16.4 Å². The predicted molar refractivity (Wildman–Crippen MR) is 118 cm³/mol. The minimum atomic E-state index is -3.75. The summed E-state index contributed by atoms with van der Waals surface area (Å²) in [4.78, 5) is 5.21. The number of fused-ring (bicyclic) bond motifs is 1. The lowest BCUT2D eigenvalue weighted by molar-refractivity contribution is 0.402. The lowest BCUT2D eigenvalue weighted by Crippen LogP contribution is -2.27. The Bertz CT molecular complexity index is 1360. The normalized spacial score (nSPS) is 11.9. The van der Waals surface area contributed by atoms with Gasteiger partial charge in [-0.05, 0) is 49.2 Å². The van der Waals surface area contributed by atoms with Crippen LogP contribution >= 0.6 is 11.3 Å². The molecule has 4 aromatic rings. The first-order chi connectivity index (χ1) is 14.8. The van der Waals surface area contributed by atoms with Crippen molar-refractivity contribution in [1.82, 2.24) is 19.3 Å². The Balaban J connectivity index is 1.52. The molecule has 0 atom stereocenters. The lowest BCUT2D eigenvalue weighted by atomic mass is 10.1. The molecule has 7 nitrogen and oxygen atoms in total. The molecule has 0 spiro atoms. The Hall–Kier alpha value is -2.82. The monoisotopic (exact) mass is 460 g/mol. The Morgan fingerprint density at radius 2 is 1.97 bits per heavy atom. The zero-order valence-corrected chi connectivity index (χ0v) is 18.8. The smallest absolute Gasteiger partial charge is 0.244 e. The van der Waals surface area contributed by atoms with Gasteiger partial charge in [-0.2, -0.15) is 4.98 Å². The molecule has 0 aliphatic carbocycles. The number of nitrogens with zero attached hydrogens (tertiary/aromatic N) is 3. The van der Waals surface area contributed by atoms with E-state index in [4.69, 9.17) is 4.74 Å². The molecule has 0 aliphatic rings. The number of aromatic nitrogens is 3. The minimum absolute atomic E-state index is 0.114. The molecule has 2 aromatic heterocycles. The lowest BCUT2D eigenvalue weighted by Gasteiger charge is -2.13. The fourth-order valence-electron chi connectivity index (χ4n) is 3.17. The SMILES string of the molecule is COc1cc(C)c(C)cc1S(=O)(=O)NCCc1csc2nc(-c3cccc(F)c3)nn12. The fraction of sp³-hybridized carbons (Fsp3) is 0.238. The van der Waals surface area contributed by atoms with Gasteiger partial charge in [0.05, 0.1) is 12.8 Å². The summed E-state index contributed by atoms with van der Waals surface area (Å²) in [5, 5.41) is 6.34. The fourth-order valence-corrected chi connectivity index (χ4v) is 5.29. The molecule has 0 amide bonds. The maximum Gasteiger partial charge on any atom is 0.244 e. The highest BCUT2D eigenvalue weighted by molar-refractivity contribution is 7.89. The molecular formula is C21H21FN4O3S2. The molecule has 1 N–H and O–H groups in total. The summed E-state index contributed by atoms with van der Waals surface area (Å²) < 4.78 is 48.7. The minimum Gasteiger partial charge on any atom is -0.495 e. The summed E-state index contributed by atoms with van der Waals surface area (Å²) in [6.07, 6.45) is 0.415. The summed E-state index contributed by atoms with van der Waals surface area (Å²) in [5.41, 5.74) is 3.22. The highest BCUT2D eigenvalue weighted by Gasteiger charge is 2.21. The quantitative estimate of drug-likeness (QED) is 0.454. The van der Waals surface area contributed by atoms with Crippen molar-refractivity contribution in [2.45, 2.75) is 25.2 Å². The number of thiazole rings is 1. The van der Waals surface area contributed by atoms with Crippen molar-refractivity contribution < 1.29 is 17.5 Å². The number of benzene rings is 2. The second kappa shape index (κ2) is 8.37. The highest BCUT2D eigenvalue weighted by atomic mass is 32.2. The molecule has 0 bridgehead atoms. The zero-order valence-electron chi connectivity index (χ0n) is 17.2. The van der Waals surface area contributed by atoms with Crippen LogP contribution < -0.4 is 9.46 Å². The molecule has 0 fully saturated rings. The van der Waals surface area contributed by atoms with Crippen LogP contribution in [-0.4, -0.2) is 36.7 Å². The number of rotatable bonds is 7. The van der Waals surface area contributed by atoms with E-state index in [1.807, 2.05) is 19.2 Å². The van der Waals surface area contributed by atoms with E-state index in [1.165, 1.54) is 30.6 Å². The van der Waals surface area contributed by atoms with E-state index in [0.717, 1.165) is 16.8 Å². The van der Waals surface area contributed by atoms with Gasteiger partial charge < -0.3 is 4.74 Å². The van der Waals surface area contributed by atoms with Crippen molar-refractivity contribution in [3.8, 4) is 17.1 Å². The first-order valence-corrected chi connectivity index (χ1v) is 11.9. The molecule has 162 valence electrons. The van der Waals surface area contributed by atoms with E-state index in [0.29, 0.717) is 28.5 Å². The molecule has 0 saturated carbocycles. The van der Waals surface area contributed by atoms with E-state index in [9.17, 15) is 12.8 Å². The van der Waals surface area contributed by atoms with Gasteiger partial charge in [-0.3, -0.25) is 0 Å². The van der Waals surface area contributed by atoms with Crippen LogP contribution in [0.25, 0.3) is 16.3 Å². The van der Waals surface area contributed by atoms with Crippen molar-refractivity contribution in [3.63, 3.8) is 0 Å². The molecule has 0 saturated heterocycles. The van der Waals surface area contributed by atoms with Gasteiger partial charge in [0.1, 0.15) is 16.5 Å². The van der Waals surface area contributed by atoms with Gasteiger partial charge in [-0.25, -0.2) is 22.0 Å². The number of ether oxygens (including phenoxy) is 1. The van der Waals surface area contributed by atoms with Crippen molar-refractivity contribution in [3.05, 3.63) is 64.4 Å². The molecule has 2 heterocycles. The predicted octanol–water partition coefficient (Wildman–Crippen LogP) is 3.74. The van der Waals surface area contributed by atoms with Crippen LogP contribution in [0.4, 0.5) is 4.39 Å². The van der Waals surface area contributed by atoms with Crippen molar-refractivity contribution in [2.24, 2.45) is 0 Å². The molecule has 10 heteroatoms. The van der Waals surface area contributed by atoms with E-state index >= 15 is 0 Å². The van der Waals surface area contributed by atoms with Crippen molar-refractivity contribution in [2.75, 3.05) is 13.7 Å². The summed E-state index contributed by atoms with van der Waals surface area (Å²) >= 11 is 1.40. The van der Waals surface area contributed by atoms with Crippen molar-refractivity contribution in [1.29, 1.82) is 0 Å². The molecule has 4 rings (SSSR count). The Morgan fingerprint density at radius 1 is 1.19 bits per heavy atom. The number of methoxy groups -OCH3 is 1. The zero-order chi connectivity index (χ0) is 22.2. The number of sulfonamides is 1. The third kappa shape index (κ3) is 4.32. The van der Waals surface area contributed by atoms with Crippen LogP contribution in [0.5, 0.6) is 5.75 Å². The van der Waals surface area contributed by atoms with E-state index in [2.05, 4.69) is 14.8 Å². The van der Waals surface area contributed by atoms with E-state index in [-0.39, 0.29) is 17.3 Å². The van der Waals surface area contributed by atoms with E-state index < -0.39 is 10.0 Å². The third-order valence-corrected chi connectivity index (χ3v) is 7.32. The molecular weight excluding hydrogens is 439 g/mol. The van der Waals surface area contributed by atoms with Gasteiger partial charge in [0, 0.05) is 23.9 Å². The number of hydrogen-bond acceptors (Lipinski definition) is 6. The topological polar surface area (TPSA) is 85.6 Å². The number of nitrogens with one attached hydrogen (secondary N) is 1. The van der Waals surface area contributed by atoms with Gasteiger partial charge >= 0.3 is 0 Å². The number of aryl methyl sites for hydroxylation is 2. The summed E-state index contributed by atoms with van der Waals surface area (Å²) in [6.45, 7) is 3.94. The third-order valence-electron chi connectivity index (χ3n) is 4.98. The Kier molecular flexibility index (Phi) is 5.78. The van der Waals surface area contributed by atoms with Crippen LogP contribution in [0.3, 0.4) is 0 Å². The molecule has 0 aliphatic heterocycles. The molecule has 0 unspecified atom stereocenters. The number of halogens is 1. The van der Waals surface area contributed by atoms with Gasteiger partial charge in [-0.1, -0.05) is 12.1 Å². The maximum absolute atomic E-state index is 13.5. The van der Waals surface area contributed by atoms with Gasteiger partial charge in [0.2, 0.25) is 15.0 Å². The first kappa shape index (κ1) is 21.4. The van der Waals surface area contributed by atoms with Crippen LogP contribution in [0, 0.1) is 19.7 Å². The average Bonchev–Trinajstić information content (AvgIpc) is 3.31. The van der Waals surface area contributed by atoms with Crippen LogP contribution in [0.2, 0.25) is 0 Å². The van der Waals surface area contributed by atoms with Gasteiger partial charge in [-0.15, -0.1) is 16.4 Å². The highest BCUT2D eigenvalue weighted by Crippen LogP contribution is 2.27. The van der Waals surface area contributed by atoms with Crippen molar-refractivity contribution >= 4 is 26.3 Å². The summed E-state index contributed by atoms with van der Waals surface area (Å²) in [5.74, 6) is 0.379. The van der Waals surface area contributed by atoms with Crippen LogP contribution in [0.15, 0.2) is 46.7 Å². The van der Waals surface area contributed by atoms with Gasteiger partial charge in [0.25, 0.3) is 0 Å². The van der Waals surface area contributed by atoms with Gasteiger partial charge in [0.15, 0.2) is 5.82 Å². The summed E-state index contributed by atoms with van der Waals surface area (Å²) in [7, 11) is -2.30. The second-order valence-corrected chi connectivity index (χ2v) is 9.67.